The van der Waals surface area contributed by atoms with Gasteiger partial charge in [-0.3, -0.25) is 4.79 Å². The number of carbonyl (C=O) groups is 1. The van der Waals surface area contributed by atoms with Crippen LogP contribution < -0.4 is 14.8 Å². The van der Waals surface area contributed by atoms with Crippen LogP contribution in [0.4, 0.5) is 0 Å². The number of ether oxygens (including phenoxy) is 2. The fourth-order valence-electron chi connectivity index (χ4n) is 2.13. The molecule has 1 amide bonds. The summed E-state index contributed by atoms with van der Waals surface area (Å²) in [7, 11) is 1.57. The molecule has 0 unspecified atom stereocenters. The molecular weight excluding hydrogens is 314 g/mol. The summed E-state index contributed by atoms with van der Waals surface area (Å²) < 4.78 is 10.8. The van der Waals surface area contributed by atoms with Crippen LogP contribution in [0.25, 0.3) is 0 Å². The molecule has 0 atom stereocenters. The van der Waals surface area contributed by atoms with Crippen molar-refractivity contribution in [2.75, 3.05) is 20.3 Å². The lowest BCUT2D eigenvalue weighted by atomic mass is 10.1. The van der Waals surface area contributed by atoms with Gasteiger partial charge in [-0.2, -0.15) is 0 Å². The fourth-order valence-corrected chi connectivity index (χ4v) is 2.32. The van der Waals surface area contributed by atoms with E-state index in [4.69, 9.17) is 21.1 Å². The number of nitrogens with one attached hydrogen (secondary N) is 1. The predicted octanol–water partition coefficient (Wildman–Crippen LogP) is 3.48. The first kappa shape index (κ1) is 17.2. The summed E-state index contributed by atoms with van der Waals surface area (Å²) in [5, 5.41) is 3.46. The zero-order valence-electron chi connectivity index (χ0n) is 13.0. The zero-order valence-corrected chi connectivity index (χ0v) is 13.8. The Bertz CT molecular complexity index is 631. The maximum absolute atomic E-state index is 12.0. The fraction of sp³-hybridized carbons (Fsp3) is 0.278. The molecule has 0 aliphatic rings. The highest BCUT2D eigenvalue weighted by Crippen LogP contribution is 2.22. The van der Waals surface area contributed by atoms with Gasteiger partial charge in [0.05, 0.1) is 20.1 Å². The largest absolute Gasteiger partial charge is 0.496 e. The quantitative estimate of drug-likeness (QED) is 0.752. The second-order valence-corrected chi connectivity index (χ2v) is 5.43. The highest BCUT2D eigenvalue weighted by atomic mass is 35.5. The second kappa shape index (κ2) is 9.06. The van der Waals surface area contributed by atoms with Crippen molar-refractivity contribution in [3.63, 3.8) is 0 Å². The van der Waals surface area contributed by atoms with E-state index in [0.717, 1.165) is 17.7 Å². The van der Waals surface area contributed by atoms with Crippen molar-refractivity contribution in [2.24, 2.45) is 0 Å². The average molecular weight is 334 g/mol. The standard InChI is InChI=1S/C18H20ClNO3/c1-22-17-9-8-15(19)12-14(17)13-18(21)20-10-5-11-23-16-6-3-2-4-7-16/h2-4,6-9,12H,5,10-11,13H2,1H3,(H,20,21). The van der Waals surface area contributed by atoms with Crippen molar-refractivity contribution in [3.8, 4) is 11.5 Å². The first-order valence-corrected chi connectivity index (χ1v) is 7.84. The third-order valence-corrected chi connectivity index (χ3v) is 3.48. The van der Waals surface area contributed by atoms with E-state index in [0.29, 0.717) is 23.9 Å². The summed E-state index contributed by atoms with van der Waals surface area (Å²) in [5.74, 6) is 1.43. The monoisotopic (exact) mass is 333 g/mol. The number of halogens is 1. The molecule has 122 valence electrons. The molecule has 0 saturated carbocycles. The minimum Gasteiger partial charge on any atom is -0.496 e. The zero-order chi connectivity index (χ0) is 16.5. The summed E-state index contributed by atoms with van der Waals surface area (Å²) >= 11 is 5.96. The summed E-state index contributed by atoms with van der Waals surface area (Å²) in [6.45, 7) is 1.12. The minimum atomic E-state index is -0.0646. The van der Waals surface area contributed by atoms with Gasteiger partial charge in [0, 0.05) is 17.1 Å². The van der Waals surface area contributed by atoms with Gasteiger partial charge in [0.25, 0.3) is 0 Å². The number of carbonyl (C=O) groups excluding carboxylic acids is 1. The van der Waals surface area contributed by atoms with Crippen LogP contribution in [0.5, 0.6) is 11.5 Å². The predicted molar refractivity (Wildman–Crippen MR) is 91.3 cm³/mol. The maximum atomic E-state index is 12.0. The minimum absolute atomic E-state index is 0.0646. The molecule has 0 saturated heterocycles. The highest BCUT2D eigenvalue weighted by molar-refractivity contribution is 6.30. The van der Waals surface area contributed by atoms with Gasteiger partial charge < -0.3 is 14.8 Å². The number of methoxy groups -OCH3 is 1. The van der Waals surface area contributed by atoms with Crippen LogP contribution in [-0.2, 0) is 11.2 Å². The molecule has 0 fully saturated rings. The van der Waals surface area contributed by atoms with Gasteiger partial charge in [-0.05, 0) is 36.8 Å². The Hall–Kier alpha value is -2.20. The third kappa shape index (κ3) is 5.83. The maximum Gasteiger partial charge on any atom is 0.224 e. The number of amides is 1. The summed E-state index contributed by atoms with van der Waals surface area (Å²) in [4.78, 5) is 12.0. The van der Waals surface area contributed by atoms with E-state index in [9.17, 15) is 4.79 Å². The Kier molecular flexibility index (Phi) is 6.76. The van der Waals surface area contributed by atoms with E-state index >= 15 is 0 Å². The van der Waals surface area contributed by atoms with Crippen molar-refractivity contribution in [3.05, 3.63) is 59.1 Å². The molecule has 5 heteroatoms. The Morgan fingerprint density at radius 3 is 2.70 bits per heavy atom. The lowest BCUT2D eigenvalue weighted by Gasteiger charge is -2.10. The first-order valence-electron chi connectivity index (χ1n) is 7.46. The van der Waals surface area contributed by atoms with Crippen LogP contribution in [0, 0.1) is 0 Å². The molecule has 23 heavy (non-hydrogen) atoms. The molecule has 4 nitrogen and oxygen atoms in total. The Morgan fingerprint density at radius 1 is 1.17 bits per heavy atom. The Labute approximate surface area is 141 Å². The molecule has 0 aliphatic heterocycles. The molecule has 0 radical (unpaired) electrons. The molecule has 0 spiro atoms. The molecule has 0 aliphatic carbocycles. The van der Waals surface area contributed by atoms with Gasteiger partial charge in [0.1, 0.15) is 11.5 Å². The van der Waals surface area contributed by atoms with E-state index in [1.54, 1.807) is 25.3 Å². The topological polar surface area (TPSA) is 47.6 Å². The number of para-hydroxylation sites is 1. The molecule has 2 aromatic carbocycles. The van der Waals surface area contributed by atoms with Gasteiger partial charge in [-0.25, -0.2) is 0 Å². The van der Waals surface area contributed by atoms with Crippen LogP contribution >= 0.6 is 11.6 Å². The van der Waals surface area contributed by atoms with E-state index in [1.807, 2.05) is 30.3 Å². The SMILES string of the molecule is COc1ccc(Cl)cc1CC(=O)NCCCOc1ccccc1. The second-order valence-electron chi connectivity index (χ2n) is 5.00. The van der Waals surface area contributed by atoms with Crippen molar-refractivity contribution in [1.29, 1.82) is 0 Å². The van der Waals surface area contributed by atoms with Gasteiger partial charge in [0.2, 0.25) is 5.91 Å². The van der Waals surface area contributed by atoms with Crippen molar-refractivity contribution < 1.29 is 14.3 Å². The van der Waals surface area contributed by atoms with E-state index < -0.39 is 0 Å². The molecule has 2 aromatic rings. The van der Waals surface area contributed by atoms with Gasteiger partial charge in [-0.15, -0.1) is 0 Å². The normalized spacial score (nSPS) is 10.2. The number of hydrogen-bond donors (Lipinski definition) is 1. The van der Waals surface area contributed by atoms with Gasteiger partial charge in [0.15, 0.2) is 0 Å². The number of hydrogen-bond acceptors (Lipinski definition) is 3. The van der Waals surface area contributed by atoms with Crippen molar-refractivity contribution in [1.82, 2.24) is 5.32 Å². The third-order valence-electron chi connectivity index (χ3n) is 3.25. The van der Waals surface area contributed by atoms with E-state index in [-0.39, 0.29) is 12.3 Å². The lowest BCUT2D eigenvalue weighted by Crippen LogP contribution is -2.27. The smallest absolute Gasteiger partial charge is 0.224 e. The number of rotatable bonds is 8. The van der Waals surface area contributed by atoms with Crippen LogP contribution in [0.15, 0.2) is 48.5 Å². The molecule has 0 heterocycles. The molecule has 2 rings (SSSR count). The van der Waals surface area contributed by atoms with E-state index in [1.165, 1.54) is 0 Å². The summed E-state index contributed by atoms with van der Waals surface area (Å²) in [6, 6.07) is 14.9. The van der Waals surface area contributed by atoms with E-state index in [2.05, 4.69) is 5.32 Å². The summed E-state index contributed by atoms with van der Waals surface area (Å²) in [5.41, 5.74) is 0.776. The Balaban J connectivity index is 1.70. The van der Waals surface area contributed by atoms with Crippen LogP contribution in [0.3, 0.4) is 0 Å². The molecule has 0 aromatic heterocycles. The van der Waals surface area contributed by atoms with Crippen LogP contribution in [0.2, 0.25) is 5.02 Å². The first-order chi connectivity index (χ1) is 11.2. The highest BCUT2D eigenvalue weighted by Gasteiger charge is 2.09. The van der Waals surface area contributed by atoms with Crippen molar-refractivity contribution >= 4 is 17.5 Å². The van der Waals surface area contributed by atoms with Crippen molar-refractivity contribution in [2.45, 2.75) is 12.8 Å². The van der Waals surface area contributed by atoms with Crippen LogP contribution in [-0.4, -0.2) is 26.2 Å². The molecule has 0 bridgehead atoms. The number of benzene rings is 2. The van der Waals surface area contributed by atoms with Gasteiger partial charge >= 0.3 is 0 Å². The average Bonchev–Trinajstić information content (AvgIpc) is 2.56. The van der Waals surface area contributed by atoms with Crippen LogP contribution in [0.1, 0.15) is 12.0 Å². The molecule has 1 N–H and O–H groups in total. The Morgan fingerprint density at radius 2 is 1.96 bits per heavy atom. The van der Waals surface area contributed by atoms with Gasteiger partial charge in [-0.1, -0.05) is 29.8 Å². The lowest BCUT2D eigenvalue weighted by molar-refractivity contribution is -0.120. The summed E-state index contributed by atoms with van der Waals surface area (Å²) in [6.07, 6.45) is 0.983. The molecular formula is C18H20ClNO3.